The van der Waals surface area contributed by atoms with Gasteiger partial charge in [0.25, 0.3) is 0 Å². The Bertz CT molecular complexity index is 956. The Morgan fingerprint density at radius 1 is 1.05 bits per heavy atom. The Morgan fingerprint density at radius 3 is 2.26 bits per heavy atom. The zero-order valence-corrected chi connectivity index (χ0v) is 24.6. The summed E-state index contributed by atoms with van der Waals surface area (Å²) in [5.41, 5.74) is 1.78. The van der Waals surface area contributed by atoms with E-state index in [1.165, 1.54) is 12.0 Å². The number of carbonyl (C=O) groups is 4. The molecule has 1 aromatic carbocycles. The number of carbonyl (C=O) groups excluding carboxylic acids is 4. The minimum Gasteiger partial charge on any atom is -0.468 e. The van der Waals surface area contributed by atoms with Crippen LogP contribution >= 0.6 is 0 Å². The lowest BCUT2D eigenvalue weighted by atomic mass is 9.92. The predicted octanol–water partition coefficient (Wildman–Crippen LogP) is 4.59. The summed E-state index contributed by atoms with van der Waals surface area (Å²) in [5.74, 6) is -1.68. The van der Waals surface area contributed by atoms with Crippen molar-refractivity contribution in [2.75, 3.05) is 20.2 Å². The van der Waals surface area contributed by atoms with Gasteiger partial charge in [-0.2, -0.15) is 0 Å². The van der Waals surface area contributed by atoms with Crippen molar-refractivity contribution in [3.05, 3.63) is 34.9 Å². The van der Waals surface area contributed by atoms with E-state index in [1.807, 2.05) is 45.9 Å². The molecule has 0 saturated heterocycles. The Balaban J connectivity index is 3.60. The third kappa shape index (κ3) is 9.99. The number of rotatable bonds is 13. The molecule has 3 unspecified atom stereocenters. The van der Waals surface area contributed by atoms with Crippen LogP contribution in [0, 0.1) is 19.8 Å². The van der Waals surface area contributed by atoms with Gasteiger partial charge in [-0.15, -0.1) is 0 Å². The van der Waals surface area contributed by atoms with Crippen LogP contribution in [0.3, 0.4) is 0 Å². The fourth-order valence-electron chi connectivity index (χ4n) is 4.04. The number of nitrogens with one attached hydrogen (secondary N) is 2. The van der Waals surface area contributed by atoms with Crippen LogP contribution in [0.5, 0.6) is 0 Å². The summed E-state index contributed by atoms with van der Waals surface area (Å²) in [6, 6.07) is 3.70. The van der Waals surface area contributed by atoms with Gasteiger partial charge in [-0.05, 0) is 63.6 Å². The van der Waals surface area contributed by atoms with Crippen molar-refractivity contribution < 1.29 is 28.7 Å². The molecular formula is C29H47N3O6. The quantitative estimate of drug-likeness (QED) is 0.283. The molecule has 0 radical (unpaired) electrons. The van der Waals surface area contributed by atoms with Gasteiger partial charge in [-0.25, -0.2) is 4.79 Å². The van der Waals surface area contributed by atoms with Crippen LogP contribution < -0.4 is 10.6 Å². The maximum atomic E-state index is 14.2. The first-order valence-corrected chi connectivity index (χ1v) is 13.5. The molecule has 1 aromatic rings. The number of unbranched alkanes of at least 4 members (excludes halogenated alkanes) is 2. The summed E-state index contributed by atoms with van der Waals surface area (Å²) >= 11 is 0. The second-order valence-corrected chi connectivity index (χ2v) is 10.7. The lowest BCUT2D eigenvalue weighted by molar-refractivity contribution is -0.145. The van der Waals surface area contributed by atoms with Gasteiger partial charge in [0.15, 0.2) is 0 Å². The first kappa shape index (κ1) is 32.9. The van der Waals surface area contributed by atoms with Crippen molar-refractivity contribution in [2.24, 2.45) is 5.92 Å². The average molecular weight is 534 g/mol. The normalized spacial score (nSPS) is 13.6. The number of hydrogen-bond acceptors (Lipinski definition) is 6. The second kappa shape index (κ2) is 15.3. The Labute approximate surface area is 228 Å². The van der Waals surface area contributed by atoms with Gasteiger partial charge in [0.1, 0.15) is 24.2 Å². The Hall–Kier alpha value is -3.10. The molecule has 0 fully saturated rings. The van der Waals surface area contributed by atoms with Crippen molar-refractivity contribution in [1.29, 1.82) is 0 Å². The van der Waals surface area contributed by atoms with Crippen LogP contribution in [0.15, 0.2) is 18.2 Å². The van der Waals surface area contributed by atoms with Crippen LogP contribution in [0.1, 0.15) is 90.0 Å². The number of nitrogens with zero attached hydrogens (tertiary/aromatic N) is 1. The molecule has 2 N–H and O–H groups in total. The molecule has 9 heteroatoms. The van der Waals surface area contributed by atoms with Crippen LogP contribution in [0.25, 0.3) is 0 Å². The number of alkyl carbamates (subject to hydrolysis) is 1. The van der Waals surface area contributed by atoms with E-state index in [0.717, 1.165) is 24.0 Å². The van der Waals surface area contributed by atoms with E-state index in [0.29, 0.717) is 24.9 Å². The maximum Gasteiger partial charge on any atom is 0.408 e. The number of methoxy groups -OCH3 is 1. The van der Waals surface area contributed by atoms with E-state index < -0.39 is 35.7 Å². The highest BCUT2D eigenvalue weighted by atomic mass is 16.6. The van der Waals surface area contributed by atoms with Gasteiger partial charge in [-0.3, -0.25) is 14.4 Å². The van der Waals surface area contributed by atoms with Crippen molar-refractivity contribution in [3.8, 4) is 0 Å². The fourth-order valence-corrected chi connectivity index (χ4v) is 4.04. The first-order chi connectivity index (χ1) is 17.8. The van der Waals surface area contributed by atoms with Crippen LogP contribution in [-0.2, 0) is 23.9 Å². The molecule has 3 atom stereocenters. The van der Waals surface area contributed by atoms with Crippen molar-refractivity contribution in [1.82, 2.24) is 15.5 Å². The number of hydrogen-bond donors (Lipinski definition) is 2. The largest absolute Gasteiger partial charge is 0.468 e. The highest BCUT2D eigenvalue weighted by Crippen LogP contribution is 2.29. The number of aryl methyl sites for hydroxylation is 1. The number of amides is 3. The monoisotopic (exact) mass is 533 g/mol. The van der Waals surface area contributed by atoms with Gasteiger partial charge in [-0.1, -0.05) is 58.2 Å². The molecule has 0 aliphatic heterocycles. The molecule has 0 aliphatic carbocycles. The fraction of sp³-hybridized carbons (Fsp3) is 0.655. The maximum absolute atomic E-state index is 14.2. The molecule has 38 heavy (non-hydrogen) atoms. The van der Waals surface area contributed by atoms with E-state index in [-0.39, 0.29) is 18.4 Å². The molecule has 0 spiro atoms. The minimum absolute atomic E-state index is 0.221. The molecular weight excluding hydrogens is 486 g/mol. The Morgan fingerprint density at radius 2 is 1.71 bits per heavy atom. The van der Waals surface area contributed by atoms with E-state index in [4.69, 9.17) is 4.74 Å². The van der Waals surface area contributed by atoms with Crippen LogP contribution in [-0.4, -0.2) is 60.6 Å². The number of benzene rings is 1. The summed E-state index contributed by atoms with van der Waals surface area (Å²) in [4.78, 5) is 54.0. The predicted molar refractivity (Wildman–Crippen MR) is 148 cm³/mol. The van der Waals surface area contributed by atoms with E-state index in [1.54, 1.807) is 20.8 Å². The lowest BCUT2D eigenvalue weighted by Gasteiger charge is -2.36. The van der Waals surface area contributed by atoms with Crippen LogP contribution in [0.2, 0.25) is 0 Å². The van der Waals surface area contributed by atoms with E-state index in [9.17, 15) is 19.2 Å². The molecule has 0 saturated carbocycles. The highest BCUT2D eigenvalue weighted by molar-refractivity contribution is 5.93. The molecule has 3 amide bonds. The SMILES string of the molecule is CCCCCN(C(=O)C(NC(=O)OC(C)(C)C)C(C)CC)C(C(=O)NCC(=O)OC)c1cccc(C)c1C. The smallest absolute Gasteiger partial charge is 0.408 e. The summed E-state index contributed by atoms with van der Waals surface area (Å²) in [5, 5.41) is 5.41. The highest BCUT2D eigenvalue weighted by Gasteiger charge is 2.38. The number of ether oxygens (including phenoxy) is 2. The molecule has 9 nitrogen and oxygen atoms in total. The zero-order valence-electron chi connectivity index (χ0n) is 24.6. The lowest BCUT2D eigenvalue weighted by Crippen LogP contribution is -2.55. The van der Waals surface area contributed by atoms with E-state index >= 15 is 0 Å². The number of esters is 1. The first-order valence-electron chi connectivity index (χ1n) is 13.5. The van der Waals surface area contributed by atoms with Gasteiger partial charge >= 0.3 is 12.1 Å². The third-order valence-corrected chi connectivity index (χ3v) is 6.57. The second-order valence-electron chi connectivity index (χ2n) is 10.7. The minimum atomic E-state index is -1.00. The zero-order chi connectivity index (χ0) is 29.0. The van der Waals surface area contributed by atoms with Gasteiger partial charge < -0.3 is 25.0 Å². The molecule has 0 aliphatic rings. The molecule has 0 aromatic heterocycles. The third-order valence-electron chi connectivity index (χ3n) is 6.57. The average Bonchev–Trinajstić information content (AvgIpc) is 2.85. The summed E-state index contributed by atoms with van der Waals surface area (Å²) in [7, 11) is 1.25. The summed E-state index contributed by atoms with van der Waals surface area (Å²) in [6.07, 6.45) is 2.39. The van der Waals surface area contributed by atoms with Crippen molar-refractivity contribution >= 4 is 23.9 Å². The van der Waals surface area contributed by atoms with Gasteiger partial charge in [0, 0.05) is 6.54 Å². The molecule has 0 heterocycles. The molecule has 0 bridgehead atoms. The van der Waals surface area contributed by atoms with Crippen LogP contribution in [0.4, 0.5) is 4.79 Å². The van der Waals surface area contributed by atoms with Crippen molar-refractivity contribution in [3.63, 3.8) is 0 Å². The topological polar surface area (TPSA) is 114 Å². The standard InChI is InChI=1S/C29H47N3O6/c1-10-12-13-17-32(27(35)24(19(3)11-2)31-28(36)38-29(6,7)8)25(26(34)30-18-23(33)37-9)22-16-14-15-20(4)21(22)5/h14-16,19,24-25H,10-13,17-18H2,1-9H3,(H,30,34)(H,31,36). The van der Waals surface area contributed by atoms with Crippen molar-refractivity contribution in [2.45, 2.75) is 98.8 Å². The molecule has 1 rings (SSSR count). The summed E-state index contributed by atoms with van der Waals surface area (Å²) < 4.78 is 10.1. The summed E-state index contributed by atoms with van der Waals surface area (Å²) in [6.45, 7) is 15.0. The molecule has 214 valence electrons. The van der Waals surface area contributed by atoms with E-state index in [2.05, 4.69) is 22.3 Å². The van der Waals surface area contributed by atoms with Gasteiger partial charge in [0.2, 0.25) is 11.8 Å². The van der Waals surface area contributed by atoms with Gasteiger partial charge in [0.05, 0.1) is 7.11 Å². The Kier molecular flexibility index (Phi) is 13.3.